The largest absolute Gasteiger partial charge is 0.374 e. The molecule has 3 heteroatoms. The topological polar surface area (TPSA) is 21.3 Å². The highest BCUT2D eigenvalue weighted by Crippen LogP contribution is 2.39. The van der Waals surface area contributed by atoms with Crippen LogP contribution in [0.4, 0.5) is 0 Å². The van der Waals surface area contributed by atoms with E-state index in [4.69, 9.17) is 4.74 Å². The Labute approximate surface area is 128 Å². The summed E-state index contributed by atoms with van der Waals surface area (Å²) in [6, 6.07) is 1.46. The summed E-state index contributed by atoms with van der Waals surface area (Å²) in [7, 11) is 0. The SMILES string of the molecule is CC(C)C1CCCCC1NC1CCOC2(CCSC2)C1. The molecule has 4 unspecified atom stereocenters. The van der Waals surface area contributed by atoms with Crippen LogP contribution < -0.4 is 5.32 Å². The maximum absolute atomic E-state index is 6.16. The number of hydrogen-bond acceptors (Lipinski definition) is 3. The van der Waals surface area contributed by atoms with Gasteiger partial charge in [-0.25, -0.2) is 0 Å². The Balaban J connectivity index is 1.58. The quantitative estimate of drug-likeness (QED) is 0.855. The number of hydrogen-bond donors (Lipinski definition) is 1. The van der Waals surface area contributed by atoms with Gasteiger partial charge in [0.05, 0.1) is 5.60 Å². The molecule has 1 N–H and O–H groups in total. The first-order chi connectivity index (χ1) is 9.69. The summed E-state index contributed by atoms with van der Waals surface area (Å²) in [5.74, 6) is 4.23. The first-order valence-electron chi connectivity index (χ1n) is 8.66. The number of rotatable bonds is 3. The second-order valence-corrected chi connectivity index (χ2v) is 8.59. The molecule has 0 radical (unpaired) electrons. The molecular formula is C17H31NOS. The monoisotopic (exact) mass is 297 g/mol. The summed E-state index contributed by atoms with van der Waals surface area (Å²) in [5.41, 5.74) is 0.225. The lowest BCUT2D eigenvalue weighted by Crippen LogP contribution is -2.52. The minimum absolute atomic E-state index is 0.225. The Bertz CT molecular complexity index is 314. The van der Waals surface area contributed by atoms with Crippen molar-refractivity contribution in [2.75, 3.05) is 18.1 Å². The van der Waals surface area contributed by atoms with Gasteiger partial charge in [0, 0.05) is 24.4 Å². The van der Waals surface area contributed by atoms with E-state index in [1.54, 1.807) is 0 Å². The van der Waals surface area contributed by atoms with Crippen LogP contribution in [0.15, 0.2) is 0 Å². The molecule has 2 aliphatic heterocycles. The number of thioether (sulfide) groups is 1. The predicted molar refractivity (Wildman–Crippen MR) is 87.4 cm³/mol. The Kier molecular flexibility index (Phi) is 4.99. The third-order valence-corrected chi connectivity index (χ3v) is 6.91. The van der Waals surface area contributed by atoms with E-state index >= 15 is 0 Å². The van der Waals surface area contributed by atoms with Crippen LogP contribution in [0.5, 0.6) is 0 Å². The van der Waals surface area contributed by atoms with Gasteiger partial charge in [-0.1, -0.05) is 26.7 Å². The molecule has 1 aliphatic carbocycles. The highest BCUT2D eigenvalue weighted by Gasteiger charge is 2.41. The minimum Gasteiger partial charge on any atom is -0.374 e. The van der Waals surface area contributed by atoms with Crippen LogP contribution in [0.3, 0.4) is 0 Å². The van der Waals surface area contributed by atoms with Gasteiger partial charge >= 0.3 is 0 Å². The average Bonchev–Trinajstić information content (AvgIpc) is 2.87. The average molecular weight is 298 g/mol. The van der Waals surface area contributed by atoms with Crippen molar-refractivity contribution >= 4 is 11.8 Å². The summed E-state index contributed by atoms with van der Waals surface area (Å²) in [6.45, 7) is 5.78. The van der Waals surface area contributed by atoms with E-state index in [1.807, 2.05) is 0 Å². The molecule has 2 saturated heterocycles. The van der Waals surface area contributed by atoms with Crippen molar-refractivity contribution in [1.29, 1.82) is 0 Å². The van der Waals surface area contributed by atoms with Gasteiger partial charge < -0.3 is 10.1 Å². The van der Waals surface area contributed by atoms with Gasteiger partial charge in [-0.2, -0.15) is 11.8 Å². The smallest absolute Gasteiger partial charge is 0.0795 e. The number of ether oxygens (including phenoxy) is 1. The molecule has 0 aromatic heterocycles. The Morgan fingerprint density at radius 2 is 2.05 bits per heavy atom. The molecule has 2 heterocycles. The van der Waals surface area contributed by atoms with E-state index in [2.05, 4.69) is 30.9 Å². The molecule has 1 spiro atoms. The van der Waals surface area contributed by atoms with Crippen molar-refractivity contribution in [3.05, 3.63) is 0 Å². The predicted octanol–water partition coefficient (Wildman–Crippen LogP) is 3.85. The minimum atomic E-state index is 0.225. The summed E-state index contributed by atoms with van der Waals surface area (Å²) >= 11 is 2.08. The fourth-order valence-corrected chi connectivity index (χ4v) is 5.88. The van der Waals surface area contributed by atoms with Crippen molar-refractivity contribution in [1.82, 2.24) is 5.32 Å². The zero-order valence-electron chi connectivity index (χ0n) is 13.2. The maximum atomic E-state index is 6.16. The van der Waals surface area contributed by atoms with Crippen LogP contribution in [0, 0.1) is 11.8 Å². The van der Waals surface area contributed by atoms with Crippen molar-refractivity contribution in [3.8, 4) is 0 Å². The summed E-state index contributed by atoms with van der Waals surface area (Å²) in [5, 5.41) is 4.05. The van der Waals surface area contributed by atoms with Crippen LogP contribution in [0.1, 0.15) is 58.8 Å². The summed E-state index contributed by atoms with van der Waals surface area (Å²) < 4.78 is 6.16. The molecule has 3 fully saturated rings. The maximum Gasteiger partial charge on any atom is 0.0795 e. The van der Waals surface area contributed by atoms with Crippen molar-refractivity contribution in [2.24, 2.45) is 11.8 Å². The van der Waals surface area contributed by atoms with Crippen LogP contribution in [0.2, 0.25) is 0 Å². The molecule has 0 aromatic carbocycles. The zero-order valence-corrected chi connectivity index (χ0v) is 14.0. The van der Waals surface area contributed by atoms with Crippen molar-refractivity contribution in [2.45, 2.75) is 76.5 Å². The van der Waals surface area contributed by atoms with Gasteiger partial charge in [-0.15, -0.1) is 0 Å². The van der Waals surface area contributed by atoms with Gasteiger partial charge in [-0.3, -0.25) is 0 Å². The number of nitrogens with one attached hydrogen (secondary N) is 1. The standard InChI is InChI=1S/C17H31NOS/c1-13(2)15-5-3-4-6-16(15)18-14-7-9-19-17(11-14)8-10-20-12-17/h13-16,18H,3-12H2,1-2H3. The molecular weight excluding hydrogens is 266 g/mol. The molecule has 2 nitrogen and oxygen atoms in total. The molecule has 0 amide bonds. The molecule has 3 rings (SSSR count). The second kappa shape index (κ2) is 6.58. The summed E-state index contributed by atoms with van der Waals surface area (Å²) in [6.07, 6.45) is 9.42. The molecule has 0 aromatic rings. The van der Waals surface area contributed by atoms with Crippen molar-refractivity contribution < 1.29 is 4.74 Å². The van der Waals surface area contributed by atoms with Gasteiger partial charge in [0.1, 0.15) is 0 Å². The Hall–Kier alpha value is 0.270. The Morgan fingerprint density at radius 1 is 1.20 bits per heavy atom. The van der Waals surface area contributed by atoms with Crippen LogP contribution in [0.25, 0.3) is 0 Å². The van der Waals surface area contributed by atoms with E-state index in [0.29, 0.717) is 6.04 Å². The van der Waals surface area contributed by atoms with Crippen LogP contribution in [-0.4, -0.2) is 35.8 Å². The molecule has 116 valence electrons. The van der Waals surface area contributed by atoms with Gasteiger partial charge in [0.15, 0.2) is 0 Å². The zero-order chi connectivity index (χ0) is 14.0. The van der Waals surface area contributed by atoms with E-state index in [-0.39, 0.29) is 5.60 Å². The lowest BCUT2D eigenvalue weighted by molar-refractivity contribution is -0.0730. The molecule has 0 bridgehead atoms. The molecule has 1 saturated carbocycles. The first-order valence-corrected chi connectivity index (χ1v) is 9.82. The van der Waals surface area contributed by atoms with E-state index < -0.39 is 0 Å². The fourth-order valence-electron chi connectivity index (χ4n) is 4.50. The lowest BCUT2D eigenvalue weighted by atomic mass is 9.77. The normalized spacial score (nSPS) is 42.5. The highest BCUT2D eigenvalue weighted by molar-refractivity contribution is 7.99. The third-order valence-electron chi connectivity index (χ3n) is 5.69. The molecule has 20 heavy (non-hydrogen) atoms. The van der Waals surface area contributed by atoms with Crippen LogP contribution in [-0.2, 0) is 4.74 Å². The van der Waals surface area contributed by atoms with E-state index in [0.717, 1.165) is 24.5 Å². The van der Waals surface area contributed by atoms with Gasteiger partial charge in [0.2, 0.25) is 0 Å². The van der Waals surface area contributed by atoms with E-state index in [9.17, 15) is 0 Å². The molecule has 3 aliphatic rings. The molecule has 4 atom stereocenters. The Morgan fingerprint density at radius 3 is 2.80 bits per heavy atom. The lowest BCUT2D eigenvalue weighted by Gasteiger charge is -2.42. The van der Waals surface area contributed by atoms with Crippen LogP contribution >= 0.6 is 11.8 Å². The van der Waals surface area contributed by atoms with Gasteiger partial charge in [-0.05, 0) is 49.7 Å². The highest BCUT2D eigenvalue weighted by atomic mass is 32.2. The van der Waals surface area contributed by atoms with Gasteiger partial charge in [0.25, 0.3) is 0 Å². The van der Waals surface area contributed by atoms with Crippen molar-refractivity contribution in [3.63, 3.8) is 0 Å². The second-order valence-electron chi connectivity index (χ2n) is 7.49. The van der Waals surface area contributed by atoms with E-state index in [1.165, 1.54) is 56.5 Å². The third kappa shape index (κ3) is 3.36. The fraction of sp³-hybridized carbons (Fsp3) is 1.00. The summed E-state index contributed by atoms with van der Waals surface area (Å²) in [4.78, 5) is 0. The first kappa shape index (κ1) is 15.2.